The number of furan rings is 1. The molecule has 1 atom stereocenters. The molecule has 22 heavy (non-hydrogen) atoms. The predicted molar refractivity (Wildman–Crippen MR) is 84.3 cm³/mol. The molecule has 0 spiro atoms. The van der Waals surface area contributed by atoms with Crippen molar-refractivity contribution < 1.29 is 4.42 Å². The van der Waals surface area contributed by atoms with Gasteiger partial charge in [-0.15, -0.1) is 0 Å². The summed E-state index contributed by atoms with van der Waals surface area (Å²) in [6.07, 6.45) is 4.60. The summed E-state index contributed by atoms with van der Waals surface area (Å²) in [7, 11) is 0. The maximum Gasteiger partial charge on any atom is 0.226 e. The van der Waals surface area contributed by atoms with Crippen molar-refractivity contribution in [1.29, 1.82) is 0 Å². The zero-order valence-electron chi connectivity index (χ0n) is 12.2. The smallest absolute Gasteiger partial charge is 0.226 e. The molecule has 4 rings (SSSR count). The SMILES string of the molecule is CCc1nc2n(n1)C(c1ccccc1)C=C(c1ccco1)N2. The topological polar surface area (TPSA) is 55.9 Å². The number of aryl methyl sites for hydroxylation is 1. The number of hydrogen-bond acceptors (Lipinski definition) is 4. The van der Waals surface area contributed by atoms with E-state index in [0.717, 1.165) is 29.7 Å². The number of fused-ring (bicyclic) bond motifs is 1. The fourth-order valence-electron chi connectivity index (χ4n) is 2.65. The van der Waals surface area contributed by atoms with Crippen LogP contribution in [-0.4, -0.2) is 14.8 Å². The van der Waals surface area contributed by atoms with Crippen LogP contribution in [0, 0.1) is 0 Å². The van der Waals surface area contributed by atoms with Crippen molar-refractivity contribution in [3.8, 4) is 0 Å². The summed E-state index contributed by atoms with van der Waals surface area (Å²) < 4.78 is 7.45. The first-order chi connectivity index (χ1) is 10.8. The van der Waals surface area contributed by atoms with Gasteiger partial charge in [0.1, 0.15) is 11.8 Å². The number of nitrogens with one attached hydrogen (secondary N) is 1. The minimum Gasteiger partial charge on any atom is -0.463 e. The fourth-order valence-corrected chi connectivity index (χ4v) is 2.65. The van der Waals surface area contributed by atoms with Gasteiger partial charge in [0.05, 0.1) is 12.0 Å². The van der Waals surface area contributed by atoms with Gasteiger partial charge in [-0.2, -0.15) is 10.1 Å². The molecule has 0 saturated heterocycles. The van der Waals surface area contributed by atoms with E-state index in [0.29, 0.717) is 0 Å². The number of hydrogen-bond donors (Lipinski definition) is 1. The van der Waals surface area contributed by atoms with Crippen molar-refractivity contribution in [2.24, 2.45) is 0 Å². The van der Waals surface area contributed by atoms with Crippen LogP contribution in [0.2, 0.25) is 0 Å². The van der Waals surface area contributed by atoms with Gasteiger partial charge in [-0.3, -0.25) is 0 Å². The molecule has 1 aliphatic heterocycles. The Bertz CT molecular complexity index is 803. The molecule has 3 aromatic rings. The van der Waals surface area contributed by atoms with Gasteiger partial charge in [0, 0.05) is 6.42 Å². The number of anilines is 1. The monoisotopic (exact) mass is 292 g/mol. The maximum absolute atomic E-state index is 5.52. The molecule has 0 amide bonds. The molecular weight excluding hydrogens is 276 g/mol. The summed E-state index contributed by atoms with van der Waals surface area (Å²) in [5.41, 5.74) is 2.09. The molecule has 5 nitrogen and oxygen atoms in total. The Balaban J connectivity index is 1.84. The third-order valence-electron chi connectivity index (χ3n) is 3.75. The number of aromatic nitrogens is 3. The summed E-state index contributed by atoms with van der Waals surface area (Å²) in [6.45, 7) is 2.06. The summed E-state index contributed by atoms with van der Waals surface area (Å²) in [5.74, 6) is 2.38. The minimum absolute atomic E-state index is 0.00495. The third kappa shape index (κ3) is 2.11. The first kappa shape index (κ1) is 12.9. The Labute approximate surface area is 128 Å². The van der Waals surface area contributed by atoms with Gasteiger partial charge in [0.25, 0.3) is 0 Å². The second kappa shape index (κ2) is 5.18. The van der Waals surface area contributed by atoms with Gasteiger partial charge in [-0.25, -0.2) is 4.68 Å². The molecule has 1 N–H and O–H groups in total. The largest absolute Gasteiger partial charge is 0.463 e. The molecule has 0 bridgehead atoms. The van der Waals surface area contributed by atoms with E-state index in [2.05, 4.69) is 40.5 Å². The van der Waals surface area contributed by atoms with Gasteiger partial charge in [-0.05, 0) is 23.8 Å². The first-order valence-electron chi connectivity index (χ1n) is 7.38. The highest BCUT2D eigenvalue weighted by Crippen LogP contribution is 2.32. The summed E-state index contributed by atoms with van der Waals surface area (Å²) in [6, 6.07) is 14.1. The Kier molecular flexibility index (Phi) is 3.04. The summed E-state index contributed by atoms with van der Waals surface area (Å²) in [4.78, 5) is 4.56. The van der Waals surface area contributed by atoms with Crippen LogP contribution in [-0.2, 0) is 6.42 Å². The van der Waals surface area contributed by atoms with Gasteiger partial charge in [0.15, 0.2) is 5.82 Å². The third-order valence-corrected chi connectivity index (χ3v) is 3.75. The van der Waals surface area contributed by atoms with E-state index in [1.165, 1.54) is 5.56 Å². The highest BCUT2D eigenvalue weighted by atomic mass is 16.3. The Hall–Kier alpha value is -2.82. The Morgan fingerprint density at radius 1 is 1.18 bits per heavy atom. The standard InChI is InChI=1S/C17H16N4O/c1-2-16-19-17-18-13(15-9-6-10-22-15)11-14(21(17)20-16)12-7-4-3-5-8-12/h3-11,14H,2H2,1H3,(H,18,19,20). The van der Waals surface area contributed by atoms with Crippen molar-refractivity contribution in [3.63, 3.8) is 0 Å². The van der Waals surface area contributed by atoms with E-state index in [-0.39, 0.29) is 6.04 Å². The van der Waals surface area contributed by atoms with Crippen molar-refractivity contribution in [2.75, 3.05) is 5.32 Å². The highest BCUT2D eigenvalue weighted by Gasteiger charge is 2.25. The minimum atomic E-state index is 0.00495. The van der Waals surface area contributed by atoms with Crippen molar-refractivity contribution in [2.45, 2.75) is 19.4 Å². The fraction of sp³-hybridized carbons (Fsp3) is 0.176. The molecule has 0 saturated carbocycles. The molecule has 0 radical (unpaired) electrons. The Morgan fingerprint density at radius 2 is 2.05 bits per heavy atom. The zero-order chi connectivity index (χ0) is 14.9. The van der Waals surface area contributed by atoms with Crippen molar-refractivity contribution >= 4 is 11.6 Å². The lowest BCUT2D eigenvalue weighted by Gasteiger charge is -2.23. The van der Waals surface area contributed by atoms with E-state index >= 15 is 0 Å². The van der Waals surface area contributed by atoms with E-state index in [9.17, 15) is 0 Å². The van der Waals surface area contributed by atoms with E-state index in [4.69, 9.17) is 4.42 Å². The van der Waals surface area contributed by atoms with Crippen LogP contribution < -0.4 is 5.32 Å². The van der Waals surface area contributed by atoms with Gasteiger partial charge in [-0.1, -0.05) is 37.3 Å². The zero-order valence-corrected chi connectivity index (χ0v) is 12.2. The number of benzene rings is 1. The molecule has 0 fully saturated rings. The molecule has 3 heterocycles. The van der Waals surface area contributed by atoms with Gasteiger partial charge in [0.2, 0.25) is 5.95 Å². The van der Waals surface area contributed by atoms with Gasteiger partial charge >= 0.3 is 0 Å². The Morgan fingerprint density at radius 3 is 2.77 bits per heavy atom. The molecular formula is C17H16N4O. The quantitative estimate of drug-likeness (QED) is 0.803. The highest BCUT2D eigenvalue weighted by molar-refractivity contribution is 5.74. The molecule has 5 heteroatoms. The average molecular weight is 292 g/mol. The number of nitrogens with zero attached hydrogens (tertiary/aromatic N) is 3. The second-order valence-corrected chi connectivity index (χ2v) is 5.19. The lowest BCUT2D eigenvalue weighted by atomic mass is 10.0. The summed E-state index contributed by atoms with van der Waals surface area (Å²) in [5, 5.41) is 7.92. The second-order valence-electron chi connectivity index (χ2n) is 5.19. The molecule has 110 valence electrons. The molecule has 1 unspecified atom stereocenters. The van der Waals surface area contributed by atoms with Crippen LogP contribution in [0.3, 0.4) is 0 Å². The van der Waals surface area contributed by atoms with E-state index < -0.39 is 0 Å². The molecule has 1 aromatic carbocycles. The normalized spacial score (nSPS) is 16.8. The molecule has 2 aromatic heterocycles. The van der Waals surface area contributed by atoms with Crippen LogP contribution in [0.1, 0.15) is 30.1 Å². The predicted octanol–water partition coefficient (Wildman–Crippen LogP) is 3.49. The lowest BCUT2D eigenvalue weighted by Crippen LogP contribution is -2.20. The van der Waals surface area contributed by atoms with Crippen molar-refractivity contribution in [1.82, 2.24) is 14.8 Å². The summed E-state index contributed by atoms with van der Waals surface area (Å²) >= 11 is 0. The number of rotatable bonds is 3. The van der Waals surface area contributed by atoms with E-state index in [1.807, 2.05) is 35.0 Å². The van der Waals surface area contributed by atoms with Crippen molar-refractivity contribution in [3.05, 3.63) is 72.0 Å². The van der Waals surface area contributed by atoms with E-state index in [1.54, 1.807) is 6.26 Å². The van der Waals surface area contributed by atoms with Crippen LogP contribution in [0.4, 0.5) is 5.95 Å². The van der Waals surface area contributed by atoms with Gasteiger partial charge < -0.3 is 9.73 Å². The maximum atomic E-state index is 5.52. The molecule has 0 aliphatic carbocycles. The number of allylic oxidation sites excluding steroid dienone is 1. The molecule has 1 aliphatic rings. The average Bonchev–Trinajstić information content (AvgIpc) is 3.23. The first-order valence-corrected chi connectivity index (χ1v) is 7.38. The van der Waals surface area contributed by atoms with Crippen LogP contribution in [0.25, 0.3) is 5.70 Å². The lowest BCUT2D eigenvalue weighted by molar-refractivity contribution is 0.547. The van der Waals surface area contributed by atoms with Crippen LogP contribution in [0.5, 0.6) is 0 Å². The van der Waals surface area contributed by atoms with Crippen LogP contribution >= 0.6 is 0 Å². The van der Waals surface area contributed by atoms with Crippen LogP contribution in [0.15, 0.2) is 59.2 Å².